The van der Waals surface area contributed by atoms with Crippen molar-refractivity contribution < 1.29 is 13.5 Å². The van der Waals surface area contributed by atoms with Crippen molar-refractivity contribution in [3.8, 4) is 0 Å². The third-order valence-electron chi connectivity index (χ3n) is 2.89. The van der Waals surface area contributed by atoms with Crippen LogP contribution in [-0.4, -0.2) is 34.6 Å². The molecule has 3 N–H and O–H groups in total. The Morgan fingerprint density at radius 2 is 1.88 bits per heavy atom. The molecule has 0 fully saturated rings. The Kier molecular flexibility index (Phi) is 3.39. The fourth-order valence-corrected chi connectivity index (χ4v) is 2.56. The molecule has 0 spiro atoms. The molecule has 0 radical (unpaired) electrons. The van der Waals surface area contributed by atoms with Gasteiger partial charge in [-0.25, -0.2) is 18.1 Å². The van der Waals surface area contributed by atoms with Crippen LogP contribution in [0.25, 0.3) is 0 Å². The molecule has 0 saturated heterocycles. The molecule has 0 atom stereocenters. The van der Waals surface area contributed by atoms with Gasteiger partial charge in [-0.2, -0.15) is 0 Å². The predicted octanol–water partition coefficient (Wildman–Crippen LogP) is 0.546. The first kappa shape index (κ1) is 14.1. The van der Waals surface area contributed by atoms with Gasteiger partial charge in [-0.1, -0.05) is 0 Å². The van der Waals surface area contributed by atoms with Crippen LogP contribution in [0.1, 0.15) is 33.5 Å². The largest absolute Gasteiger partial charge is 0.389 e. The van der Waals surface area contributed by atoms with Crippen LogP contribution in [0, 0.1) is 6.92 Å². The number of sulfonamides is 1. The van der Waals surface area contributed by atoms with Gasteiger partial charge < -0.3 is 10.1 Å². The molecule has 1 rings (SSSR count). The molecule has 0 aliphatic heterocycles. The number of aliphatic hydroxyl groups is 1. The van der Waals surface area contributed by atoms with E-state index in [4.69, 9.17) is 0 Å². The third-order valence-corrected chi connectivity index (χ3v) is 4.45. The van der Waals surface area contributed by atoms with Crippen molar-refractivity contribution in [1.29, 1.82) is 0 Å². The molecule has 0 amide bonds. The Balaban J connectivity index is 3.03. The van der Waals surface area contributed by atoms with Crippen molar-refractivity contribution in [2.75, 3.05) is 0 Å². The predicted molar refractivity (Wildman–Crippen MR) is 64.0 cm³/mol. The molecule has 0 aliphatic rings. The second-order valence-electron chi connectivity index (χ2n) is 5.12. The molecule has 1 heterocycles. The smallest absolute Gasteiger partial charge is 0.258 e. The Labute approximate surface area is 102 Å². The first-order valence-electron chi connectivity index (χ1n) is 5.24. The monoisotopic (exact) mass is 261 g/mol. The lowest BCUT2D eigenvalue weighted by Crippen LogP contribution is -2.57. The zero-order valence-electron chi connectivity index (χ0n) is 10.7. The fourth-order valence-electron chi connectivity index (χ4n) is 1.05. The first-order chi connectivity index (χ1) is 7.46. The summed E-state index contributed by atoms with van der Waals surface area (Å²) in [7, 11) is -3.71. The zero-order valence-corrected chi connectivity index (χ0v) is 11.5. The van der Waals surface area contributed by atoms with Gasteiger partial charge in [-0.15, -0.1) is 0 Å². The van der Waals surface area contributed by atoms with Crippen LogP contribution in [0.5, 0.6) is 0 Å². The maximum Gasteiger partial charge on any atom is 0.258 e. The molecular formula is C10H19N3O3S. The van der Waals surface area contributed by atoms with E-state index in [2.05, 4.69) is 14.7 Å². The number of hydrogen-bond donors (Lipinski definition) is 3. The minimum absolute atomic E-state index is 0.00711. The minimum Gasteiger partial charge on any atom is -0.389 e. The van der Waals surface area contributed by atoms with Crippen molar-refractivity contribution in [3.63, 3.8) is 0 Å². The summed E-state index contributed by atoms with van der Waals surface area (Å²) in [4.78, 5) is 6.49. The van der Waals surface area contributed by atoms with Crippen molar-refractivity contribution in [1.82, 2.24) is 14.7 Å². The van der Waals surface area contributed by atoms with E-state index in [-0.39, 0.29) is 5.03 Å². The Morgan fingerprint density at radius 3 is 2.24 bits per heavy atom. The second-order valence-corrected chi connectivity index (χ2v) is 6.77. The number of aryl methyl sites for hydroxylation is 1. The van der Waals surface area contributed by atoms with Crippen LogP contribution in [-0.2, 0) is 10.0 Å². The van der Waals surface area contributed by atoms with Gasteiger partial charge in [0, 0.05) is 0 Å². The molecule has 17 heavy (non-hydrogen) atoms. The second kappa shape index (κ2) is 4.08. The van der Waals surface area contributed by atoms with E-state index in [0.29, 0.717) is 5.82 Å². The lowest BCUT2D eigenvalue weighted by atomic mass is 9.87. The van der Waals surface area contributed by atoms with E-state index in [1.54, 1.807) is 34.6 Å². The summed E-state index contributed by atoms with van der Waals surface area (Å²) in [6.45, 7) is 8.00. The van der Waals surface area contributed by atoms with Gasteiger partial charge in [0.25, 0.3) is 10.0 Å². The van der Waals surface area contributed by atoms with Gasteiger partial charge in [0.1, 0.15) is 5.82 Å². The van der Waals surface area contributed by atoms with Crippen molar-refractivity contribution in [2.24, 2.45) is 0 Å². The summed E-state index contributed by atoms with van der Waals surface area (Å²) in [6.07, 6.45) is 1.25. The minimum atomic E-state index is -3.71. The van der Waals surface area contributed by atoms with Crippen LogP contribution in [0.4, 0.5) is 0 Å². The van der Waals surface area contributed by atoms with Crippen molar-refractivity contribution in [2.45, 2.75) is 50.8 Å². The van der Waals surface area contributed by atoms with Crippen LogP contribution in [0.15, 0.2) is 11.2 Å². The van der Waals surface area contributed by atoms with E-state index in [1.807, 2.05) is 0 Å². The first-order valence-corrected chi connectivity index (χ1v) is 6.72. The highest BCUT2D eigenvalue weighted by Gasteiger charge is 2.39. The van der Waals surface area contributed by atoms with Gasteiger partial charge in [0.05, 0.1) is 17.3 Å². The number of hydrogen-bond acceptors (Lipinski definition) is 4. The van der Waals surface area contributed by atoms with Gasteiger partial charge in [0.15, 0.2) is 5.03 Å². The van der Waals surface area contributed by atoms with Crippen LogP contribution in [0.2, 0.25) is 0 Å². The van der Waals surface area contributed by atoms with E-state index in [1.165, 1.54) is 6.20 Å². The summed E-state index contributed by atoms with van der Waals surface area (Å²) in [5.41, 5.74) is -2.18. The highest BCUT2D eigenvalue weighted by atomic mass is 32.2. The number of aromatic amines is 1. The van der Waals surface area contributed by atoms with Crippen LogP contribution in [0.3, 0.4) is 0 Å². The van der Waals surface area contributed by atoms with E-state index < -0.39 is 21.2 Å². The molecule has 1 aromatic heterocycles. The summed E-state index contributed by atoms with van der Waals surface area (Å²) in [5.74, 6) is 0.520. The van der Waals surface area contributed by atoms with Crippen LogP contribution >= 0.6 is 0 Å². The number of aromatic nitrogens is 2. The average molecular weight is 261 g/mol. The standard InChI is InChI=1S/C10H19N3O3S/c1-7-11-6-8(12-7)17(15,16)13-9(2,3)10(4,5)14/h6,13-14H,1-5H3,(H,11,12). The molecule has 1 aromatic rings. The van der Waals surface area contributed by atoms with Gasteiger partial charge in [-0.3, -0.25) is 0 Å². The van der Waals surface area contributed by atoms with E-state index in [9.17, 15) is 13.5 Å². The molecule has 0 bridgehead atoms. The Bertz CT molecular complexity index is 497. The van der Waals surface area contributed by atoms with Gasteiger partial charge in [0.2, 0.25) is 0 Å². The highest BCUT2D eigenvalue weighted by molar-refractivity contribution is 7.89. The third kappa shape index (κ3) is 3.05. The molecule has 0 aromatic carbocycles. The topological polar surface area (TPSA) is 95.1 Å². The number of H-pyrrole nitrogens is 1. The fraction of sp³-hybridized carbons (Fsp3) is 0.700. The zero-order chi connectivity index (χ0) is 13.5. The quantitative estimate of drug-likeness (QED) is 0.737. The van der Waals surface area contributed by atoms with Crippen molar-refractivity contribution in [3.05, 3.63) is 12.0 Å². The molecular weight excluding hydrogens is 242 g/mol. The van der Waals surface area contributed by atoms with Gasteiger partial charge >= 0.3 is 0 Å². The molecule has 98 valence electrons. The summed E-state index contributed by atoms with van der Waals surface area (Å²) in [5, 5.41) is 9.90. The molecule has 0 saturated carbocycles. The highest BCUT2D eigenvalue weighted by Crippen LogP contribution is 2.23. The van der Waals surface area contributed by atoms with E-state index in [0.717, 1.165) is 0 Å². The molecule has 7 heteroatoms. The Morgan fingerprint density at radius 1 is 1.35 bits per heavy atom. The summed E-state index contributed by atoms with van der Waals surface area (Å²) in [6, 6.07) is 0. The molecule has 6 nitrogen and oxygen atoms in total. The maximum atomic E-state index is 12.0. The number of nitrogens with one attached hydrogen (secondary N) is 2. The summed E-state index contributed by atoms with van der Waals surface area (Å²) < 4.78 is 26.5. The van der Waals surface area contributed by atoms with E-state index >= 15 is 0 Å². The number of nitrogens with zero attached hydrogens (tertiary/aromatic N) is 1. The lowest BCUT2D eigenvalue weighted by Gasteiger charge is -2.37. The number of imidazole rings is 1. The maximum absolute atomic E-state index is 12.0. The van der Waals surface area contributed by atoms with Crippen LogP contribution < -0.4 is 4.72 Å². The number of rotatable bonds is 4. The Hall–Kier alpha value is -0.920. The summed E-state index contributed by atoms with van der Waals surface area (Å²) >= 11 is 0. The lowest BCUT2D eigenvalue weighted by molar-refractivity contribution is 0.00636. The molecule has 0 unspecified atom stereocenters. The van der Waals surface area contributed by atoms with Crippen molar-refractivity contribution >= 4 is 10.0 Å². The van der Waals surface area contributed by atoms with Gasteiger partial charge in [-0.05, 0) is 34.6 Å². The SMILES string of the molecule is Cc1ncc(S(=O)(=O)NC(C)(C)C(C)(C)O)[nH]1. The normalized spacial score (nSPS) is 14.0. The molecule has 0 aliphatic carbocycles. The average Bonchev–Trinajstić information content (AvgIpc) is 2.48.